The second kappa shape index (κ2) is 4.79. The molecule has 0 spiro atoms. The molecule has 1 fully saturated rings. The number of rotatable bonds is 4. The molecule has 4 N–H and O–H groups in total. The molecule has 0 atom stereocenters. The third-order valence-electron chi connectivity index (χ3n) is 3.58. The van der Waals surface area contributed by atoms with E-state index in [2.05, 4.69) is 5.32 Å². The van der Waals surface area contributed by atoms with Crippen molar-refractivity contribution in [1.82, 2.24) is 5.32 Å². The lowest BCUT2D eigenvalue weighted by Crippen LogP contribution is -2.47. The molecule has 1 amide bonds. The second-order valence-corrected chi connectivity index (χ2v) is 4.82. The van der Waals surface area contributed by atoms with Gasteiger partial charge in [0.15, 0.2) is 0 Å². The van der Waals surface area contributed by atoms with Crippen molar-refractivity contribution in [1.29, 1.82) is 0 Å². The van der Waals surface area contributed by atoms with Crippen LogP contribution in [0.5, 0.6) is 11.5 Å². The van der Waals surface area contributed by atoms with Crippen LogP contribution in [0.25, 0.3) is 0 Å². The first-order valence-corrected chi connectivity index (χ1v) is 5.98. The third kappa shape index (κ3) is 2.47. The van der Waals surface area contributed by atoms with Crippen molar-refractivity contribution in [3.63, 3.8) is 0 Å². The average Bonchev–Trinajstić information content (AvgIpc) is 2.26. The predicted octanol–water partition coefficient (Wildman–Crippen LogP) is 1.08. The molecule has 0 unspecified atom stereocenters. The summed E-state index contributed by atoms with van der Waals surface area (Å²) in [7, 11) is 0. The standard InChI is InChI=1S/C13H15NO5/c15-8-2-3-9(10(16)6-8)11(17)14-7-13(12(18)19)4-1-5-13/h2-3,6,15-16H,1,4-5,7H2,(H,14,17)(H,18,19). The first kappa shape index (κ1) is 13.2. The summed E-state index contributed by atoms with van der Waals surface area (Å²) in [4.78, 5) is 23.0. The van der Waals surface area contributed by atoms with Gasteiger partial charge < -0.3 is 20.6 Å². The number of carbonyl (C=O) groups is 2. The second-order valence-electron chi connectivity index (χ2n) is 4.82. The van der Waals surface area contributed by atoms with Gasteiger partial charge in [0, 0.05) is 12.6 Å². The maximum atomic E-state index is 11.8. The normalized spacial score (nSPS) is 16.4. The Morgan fingerprint density at radius 3 is 2.42 bits per heavy atom. The van der Waals surface area contributed by atoms with Gasteiger partial charge in [0.2, 0.25) is 0 Å². The molecule has 1 saturated carbocycles. The third-order valence-corrected chi connectivity index (χ3v) is 3.58. The minimum absolute atomic E-state index is 0.0117. The Bertz CT molecular complexity index is 522. The molecule has 1 aromatic carbocycles. The lowest BCUT2D eigenvalue weighted by molar-refractivity contribution is -0.153. The van der Waals surface area contributed by atoms with Gasteiger partial charge in [-0.15, -0.1) is 0 Å². The topological polar surface area (TPSA) is 107 Å². The maximum Gasteiger partial charge on any atom is 0.311 e. The van der Waals surface area contributed by atoms with E-state index in [1.807, 2.05) is 0 Å². The molecule has 0 saturated heterocycles. The van der Waals surface area contributed by atoms with E-state index in [-0.39, 0.29) is 23.6 Å². The number of aliphatic carboxylic acids is 1. The fraction of sp³-hybridized carbons (Fsp3) is 0.385. The lowest BCUT2D eigenvalue weighted by atomic mass is 9.69. The van der Waals surface area contributed by atoms with Crippen molar-refractivity contribution in [2.24, 2.45) is 5.41 Å². The number of amides is 1. The summed E-state index contributed by atoms with van der Waals surface area (Å²) in [5.74, 6) is -1.94. The molecule has 0 aromatic heterocycles. The molecule has 1 aliphatic carbocycles. The first-order chi connectivity index (χ1) is 8.94. The molecule has 0 radical (unpaired) electrons. The van der Waals surface area contributed by atoms with Gasteiger partial charge in [-0.3, -0.25) is 9.59 Å². The molecule has 1 aromatic rings. The predicted molar refractivity (Wildman–Crippen MR) is 66.0 cm³/mol. The van der Waals surface area contributed by atoms with E-state index in [0.717, 1.165) is 12.5 Å². The van der Waals surface area contributed by atoms with E-state index >= 15 is 0 Å². The number of phenolic OH excluding ortho intramolecular Hbond substituents is 2. The van der Waals surface area contributed by atoms with Crippen molar-refractivity contribution in [3.05, 3.63) is 23.8 Å². The number of carboxylic acid groups (broad SMARTS) is 1. The molecule has 0 aliphatic heterocycles. The summed E-state index contributed by atoms with van der Waals surface area (Å²) in [5.41, 5.74) is -0.861. The Morgan fingerprint density at radius 1 is 1.26 bits per heavy atom. The minimum Gasteiger partial charge on any atom is -0.508 e. The lowest BCUT2D eigenvalue weighted by Gasteiger charge is -2.37. The molecule has 6 nitrogen and oxygen atoms in total. The summed E-state index contributed by atoms with van der Waals surface area (Å²) < 4.78 is 0. The smallest absolute Gasteiger partial charge is 0.311 e. The number of carbonyl (C=O) groups excluding carboxylic acids is 1. The zero-order chi connectivity index (χ0) is 14.0. The van der Waals surface area contributed by atoms with E-state index in [4.69, 9.17) is 10.2 Å². The van der Waals surface area contributed by atoms with Gasteiger partial charge in [0.1, 0.15) is 11.5 Å². The van der Waals surface area contributed by atoms with Crippen molar-refractivity contribution in [2.45, 2.75) is 19.3 Å². The average molecular weight is 265 g/mol. The number of hydrogen-bond acceptors (Lipinski definition) is 4. The molecule has 0 bridgehead atoms. The van der Waals surface area contributed by atoms with E-state index in [9.17, 15) is 14.7 Å². The fourth-order valence-corrected chi connectivity index (χ4v) is 2.13. The number of hydrogen-bond donors (Lipinski definition) is 4. The first-order valence-electron chi connectivity index (χ1n) is 5.98. The number of nitrogens with one attached hydrogen (secondary N) is 1. The number of carboxylic acids is 1. The highest BCUT2D eigenvalue weighted by Crippen LogP contribution is 2.40. The number of benzene rings is 1. The van der Waals surface area contributed by atoms with Crippen LogP contribution in [0.15, 0.2) is 18.2 Å². The highest BCUT2D eigenvalue weighted by molar-refractivity contribution is 5.97. The summed E-state index contributed by atoms with van der Waals surface area (Å²) >= 11 is 0. The van der Waals surface area contributed by atoms with Gasteiger partial charge in [-0.1, -0.05) is 6.42 Å². The van der Waals surface area contributed by atoms with Crippen LogP contribution in [0.2, 0.25) is 0 Å². The highest BCUT2D eigenvalue weighted by Gasteiger charge is 2.44. The van der Waals surface area contributed by atoms with Crippen LogP contribution in [0.3, 0.4) is 0 Å². The van der Waals surface area contributed by atoms with Gasteiger partial charge in [-0.2, -0.15) is 0 Å². The van der Waals surface area contributed by atoms with Crippen LogP contribution in [0.1, 0.15) is 29.6 Å². The van der Waals surface area contributed by atoms with E-state index in [1.54, 1.807) is 0 Å². The SMILES string of the molecule is O=C(NCC1(C(=O)O)CCC1)c1ccc(O)cc1O. The monoisotopic (exact) mass is 265 g/mol. The number of phenols is 2. The van der Waals surface area contributed by atoms with Crippen LogP contribution >= 0.6 is 0 Å². The highest BCUT2D eigenvalue weighted by atomic mass is 16.4. The summed E-state index contributed by atoms with van der Waals surface area (Å²) in [6, 6.07) is 3.63. The summed E-state index contributed by atoms with van der Waals surface area (Å²) in [6.07, 6.45) is 1.93. The molecule has 19 heavy (non-hydrogen) atoms. The van der Waals surface area contributed by atoms with Crippen molar-refractivity contribution in [3.8, 4) is 11.5 Å². The van der Waals surface area contributed by atoms with Crippen LogP contribution in [0, 0.1) is 5.41 Å². The minimum atomic E-state index is -0.908. The van der Waals surface area contributed by atoms with Gasteiger partial charge >= 0.3 is 5.97 Å². The maximum absolute atomic E-state index is 11.8. The van der Waals surface area contributed by atoms with Gasteiger partial charge in [0.05, 0.1) is 11.0 Å². The van der Waals surface area contributed by atoms with Crippen molar-refractivity contribution >= 4 is 11.9 Å². The van der Waals surface area contributed by atoms with Crippen molar-refractivity contribution < 1.29 is 24.9 Å². The van der Waals surface area contributed by atoms with E-state index in [1.165, 1.54) is 12.1 Å². The Kier molecular flexibility index (Phi) is 3.33. The molecule has 2 rings (SSSR count). The quantitative estimate of drug-likeness (QED) is 0.651. The van der Waals surface area contributed by atoms with E-state index < -0.39 is 17.3 Å². The van der Waals surface area contributed by atoms with Crippen LogP contribution in [-0.4, -0.2) is 33.7 Å². The van der Waals surface area contributed by atoms with Gasteiger partial charge in [-0.25, -0.2) is 0 Å². The molecule has 6 heteroatoms. The molecular formula is C13H15NO5. The zero-order valence-electron chi connectivity index (χ0n) is 10.2. The number of aromatic hydroxyl groups is 2. The van der Waals surface area contributed by atoms with Crippen LogP contribution in [-0.2, 0) is 4.79 Å². The van der Waals surface area contributed by atoms with Crippen LogP contribution < -0.4 is 5.32 Å². The zero-order valence-corrected chi connectivity index (χ0v) is 10.2. The Balaban J connectivity index is 2.03. The van der Waals surface area contributed by atoms with Crippen molar-refractivity contribution in [2.75, 3.05) is 6.54 Å². The van der Waals surface area contributed by atoms with Crippen LogP contribution in [0.4, 0.5) is 0 Å². The Morgan fingerprint density at radius 2 is 1.95 bits per heavy atom. The molecule has 0 heterocycles. The van der Waals surface area contributed by atoms with Gasteiger partial charge in [-0.05, 0) is 25.0 Å². The van der Waals surface area contributed by atoms with E-state index in [0.29, 0.717) is 12.8 Å². The molecule has 102 valence electrons. The summed E-state index contributed by atoms with van der Waals surface area (Å²) in [5, 5.41) is 30.3. The Hall–Kier alpha value is -2.24. The Labute approximate surface area is 109 Å². The fourth-order valence-electron chi connectivity index (χ4n) is 2.13. The molecular weight excluding hydrogens is 250 g/mol. The van der Waals surface area contributed by atoms with Gasteiger partial charge in [0.25, 0.3) is 5.91 Å². The largest absolute Gasteiger partial charge is 0.508 e. The molecule has 1 aliphatic rings. The summed E-state index contributed by atoms with van der Waals surface area (Å²) in [6.45, 7) is 0.0431.